The van der Waals surface area contributed by atoms with Crippen molar-refractivity contribution in [1.29, 1.82) is 0 Å². The predicted molar refractivity (Wildman–Crippen MR) is 65.7 cm³/mol. The van der Waals surface area contributed by atoms with Crippen molar-refractivity contribution < 1.29 is 9.90 Å². The predicted octanol–water partition coefficient (Wildman–Crippen LogP) is 2.14. The summed E-state index contributed by atoms with van der Waals surface area (Å²) in [4.78, 5) is 11.3. The number of ketones is 1. The lowest BCUT2D eigenvalue weighted by Crippen LogP contribution is -1.94. The zero-order chi connectivity index (χ0) is 12.0. The topological polar surface area (TPSA) is 63.3 Å². The van der Waals surface area contributed by atoms with Gasteiger partial charge in [-0.05, 0) is 41.8 Å². The van der Waals surface area contributed by atoms with Crippen molar-refractivity contribution in [1.82, 2.24) is 0 Å². The molecular formula is C13H17NO2. The molecule has 3 heteroatoms. The van der Waals surface area contributed by atoms with Crippen molar-refractivity contribution in [3.05, 3.63) is 35.4 Å². The minimum absolute atomic E-state index is 0.0238. The first kappa shape index (κ1) is 12.5. The molecule has 0 aliphatic heterocycles. The summed E-state index contributed by atoms with van der Waals surface area (Å²) in [5.74, 6) is 0.0938. The van der Waals surface area contributed by atoms with Gasteiger partial charge in [0.15, 0.2) is 5.78 Å². The molecule has 0 aliphatic carbocycles. The van der Waals surface area contributed by atoms with Gasteiger partial charge in [0.2, 0.25) is 0 Å². The summed E-state index contributed by atoms with van der Waals surface area (Å²) in [6, 6.07) is 5.28. The highest BCUT2D eigenvalue weighted by Crippen LogP contribution is 2.16. The Kier molecular flexibility index (Phi) is 4.73. The van der Waals surface area contributed by atoms with Crippen LogP contribution in [0.5, 0.6) is 0 Å². The Morgan fingerprint density at radius 2 is 2.25 bits per heavy atom. The summed E-state index contributed by atoms with van der Waals surface area (Å²) in [7, 11) is 0. The van der Waals surface area contributed by atoms with Crippen LogP contribution >= 0.6 is 0 Å². The van der Waals surface area contributed by atoms with Gasteiger partial charge < -0.3 is 10.8 Å². The molecule has 16 heavy (non-hydrogen) atoms. The Morgan fingerprint density at radius 3 is 2.88 bits per heavy atom. The van der Waals surface area contributed by atoms with Gasteiger partial charge in [0.1, 0.15) is 0 Å². The molecule has 3 nitrogen and oxygen atoms in total. The normalized spacial score (nSPS) is 10.9. The van der Waals surface area contributed by atoms with E-state index in [1.165, 1.54) is 6.08 Å². The number of aliphatic hydroxyl groups is 1. The van der Waals surface area contributed by atoms with Crippen molar-refractivity contribution >= 4 is 17.5 Å². The van der Waals surface area contributed by atoms with E-state index in [0.29, 0.717) is 12.1 Å². The quantitative estimate of drug-likeness (QED) is 0.589. The molecule has 0 saturated heterocycles. The second-order valence-corrected chi connectivity index (χ2v) is 3.67. The van der Waals surface area contributed by atoms with E-state index in [-0.39, 0.29) is 12.4 Å². The van der Waals surface area contributed by atoms with Gasteiger partial charge in [0.05, 0.1) is 6.61 Å². The summed E-state index contributed by atoms with van der Waals surface area (Å²) in [6.07, 6.45) is 4.63. The van der Waals surface area contributed by atoms with Gasteiger partial charge in [-0.1, -0.05) is 13.0 Å². The number of benzene rings is 1. The first-order chi connectivity index (χ1) is 7.67. The molecule has 0 radical (unpaired) electrons. The maximum Gasteiger partial charge on any atom is 0.155 e. The van der Waals surface area contributed by atoms with Gasteiger partial charge in [-0.3, -0.25) is 4.79 Å². The third-order valence-electron chi connectivity index (χ3n) is 2.28. The molecule has 0 atom stereocenters. The molecule has 0 spiro atoms. The minimum Gasteiger partial charge on any atom is -0.398 e. The highest BCUT2D eigenvalue weighted by molar-refractivity contribution is 5.94. The number of nitrogen functional groups attached to an aromatic ring is 1. The molecule has 0 aromatic heterocycles. The molecule has 0 heterocycles. The number of allylic oxidation sites excluding steroid dienone is 1. The zero-order valence-corrected chi connectivity index (χ0v) is 9.44. The molecule has 0 unspecified atom stereocenters. The van der Waals surface area contributed by atoms with Gasteiger partial charge in [-0.25, -0.2) is 0 Å². The average Bonchev–Trinajstić information content (AvgIpc) is 2.28. The van der Waals surface area contributed by atoms with Crippen LogP contribution in [0, 0.1) is 0 Å². The van der Waals surface area contributed by atoms with E-state index >= 15 is 0 Å². The van der Waals surface area contributed by atoms with Crippen LogP contribution in [0.4, 0.5) is 5.69 Å². The molecule has 1 aromatic carbocycles. The standard InChI is InChI=1S/C13H17NO2/c1-2-3-12(16)6-5-11-8-10(9-15)4-7-13(11)14/h4-8,15H,2-3,9,14H2,1H3/b6-5+. The summed E-state index contributed by atoms with van der Waals surface area (Å²) in [5.41, 5.74) is 7.93. The van der Waals surface area contributed by atoms with Gasteiger partial charge in [-0.2, -0.15) is 0 Å². The van der Waals surface area contributed by atoms with E-state index in [1.54, 1.807) is 24.3 Å². The van der Waals surface area contributed by atoms with E-state index in [1.807, 2.05) is 6.92 Å². The third-order valence-corrected chi connectivity index (χ3v) is 2.28. The third kappa shape index (κ3) is 3.51. The molecule has 0 aliphatic rings. The Labute approximate surface area is 95.6 Å². The highest BCUT2D eigenvalue weighted by atomic mass is 16.3. The van der Waals surface area contributed by atoms with Crippen LogP contribution in [0.1, 0.15) is 30.9 Å². The maximum absolute atomic E-state index is 11.3. The number of carbonyl (C=O) groups is 1. The minimum atomic E-state index is -0.0238. The van der Waals surface area contributed by atoms with E-state index in [9.17, 15) is 4.79 Å². The van der Waals surface area contributed by atoms with Crippen molar-refractivity contribution in [2.24, 2.45) is 0 Å². The van der Waals surface area contributed by atoms with Crippen LogP contribution in [0.3, 0.4) is 0 Å². The molecule has 0 amide bonds. The van der Waals surface area contributed by atoms with Crippen molar-refractivity contribution in [2.45, 2.75) is 26.4 Å². The van der Waals surface area contributed by atoms with Crippen LogP contribution in [-0.4, -0.2) is 10.9 Å². The molecule has 86 valence electrons. The van der Waals surface area contributed by atoms with Gasteiger partial charge in [0.25, 0.3) is 0 Å². The van der Waals surface area contributed by atoms with Crippen LogP contribution in [-0.2, 0) is 11.4 Å². The van der Waals surface area contributed by atoms with Crippen LogP contribution < -0.4 is 5.73 Å². The Balaban J connectivity index is 2.83. The zero-order valence-electron chi connectivity index (χ0n) is 9.44. The molecular weight excluding hydrogens is 202 g/mol. The lowest BCUT2D eigenvalue weighted by atomic mass is 10.1. The summed E-state index contributed by atoms with van der Waals surface area (Å²) in [5, 5.41) is 8.98. The fraction of sp³-hybridized carbons (Fsp3) is 0.308. The summed E-state index contributed by atoms with van der Waals surface area (Å²) < 4.78 is 0. The molecule has 0 saturated carbocycles. The van der Waals surface area contributed by atoms with Crippen LogP contribution in [0.25, 0.3) is 6.08 Å². The second kappa shape index (κ2) is 6.08. The summed E-state index contributed by atoms with van der Waals surface area (Å²) >= 11 is 0. The van der Waals surface area contributed by atoms with Gasteiger partial charge >= 0.3 is 0 Å². The maximum atomic E-state index is 11.3. The van der Waals surface area contributed by atoms with E-state index in [2.05, 4.69) is 0 Å². The molecule has 0 fully saturated rings. The van der Waals surface area contributed by atoms with E-state index in [0.717, 1.165) is 17.5 Å². The fourth-order valence-electron chi connectivity index (χ4n) is 1.38. The van der Waals surface area contributed by atoms with Crippen molar-refractivity contribution in [3.8, 4) is 0 Å². The number of carbonyl (C=O) groups excluding carboxylic acids is 1. The second-order valence-electron chi connectivity index (χ2n) is 3.67. The molecule has 3 N–H and O–H groups in total. The van der Waals surface area contributed by atoms with Crippen molar-refractivity contribution in [2.75, 3.05) is 5.73 Å². The lowest BCUT2D eigenvalue weighted by molar-refractivity contribution is -0.114. The number of anilines is 1. The number of hydrogen-bond acceptors (Lipinski definition) is 3. The highest BCUT2D eigenvalue weighted by Gasteiger charge is 1.99. The average molecular weight is 219 g/mol. The largest absolute Gasteiger partial charge is 0.398 e. The molecule has 0 bridgehead atoms. The van der Waals surface area contributed by atoms with Gasteiger partial charge in [0, 0.05) is 12.1 Å². The SMILES string of the molecule is CCCC(=O)/C=C/c1cc(CO)ccc1N. The van der Waals surface area contributed by atoms with Crippen molar-refractivity contribution in [3.63, 3.8) is 0 Å². The van der Waals surface area contributed by atoms with Gasteiger partial charge in [-0.15, -0.1) is 0 Å². The number of hydrogen-bond donors (Lipinski definition) is 2. The van der Waals surface area contributed by atoms with E-state index < -0.39 is 0 Å². The number of rotatable bonds is 5. The Hall–Kier alpha value is -1.61. The number of nitrogens with two attached hydrogens (primary N) is 1. The fourth-order valence-corrected chi connectivity index (χ4v) is 1.38. The first-order valence-electron chi connectivity index (χ1n) is 5.37. The number of aliphatic hydroxyl groups excluding tert-OH is 1. The first-order valence-corrected chi connectivity index (χ1v) is 5.37. The molecule has 1 aromatic rings. The summed E-state index contributed by atoms with van der Waals surface area (Å²) in [6.45, 7) is 1.94. The smallest absolute Gasteiger partial charge is 0.155 e. The van der Waals surface area contributed by atoms with Crippen LogP contribution in [0.2, 0.25) is 0 Å². The monoisotopic (exact) mass is 219 g/mol. The Morgan fingerprint density at radius 1 is 1.50 bits per heavy atom. The lowest BCUT2D eigenvalue weighted by Gasteiger charge is -2.02. The Bertz CT molecular complexity index is 397. The molecule has 1 rings (SSSR count). The van der Waals surface area contributed by atoms with Crippen LogP contribution in [0.15, 0.2) is 24.3 Å². The van der Waals surface area contributed by atoms with E-state index in [4.69, 9.17) is 10.8 Å².